The maximum Gasteiger partial charge on any atom is 0.226 e. The number of benzene rings is 1. The molecule has 2 heteroatoms. The van der Waals surface area contributed by atoms with Crippen LogP contribution in [0.25, 0.3) is 0 Å². The van der Waals surface area contributed by atoms with Crippen molar-refractivity contribution in [3.63, 3.8) is 0 Å². The average Bonchev–Trinajstić information content (AvgIpc) is 2.07. The van der Waals surface area contributed by atoms with E-state index < -0.39 is 0 Å². The molecule has 1 nitrogen and oxygen atoms in total. The van der Waals surface area contributed by atoms with Gasteiger partial charge in [-0.05, 0) is 0 Å². The number of rotatable bonds is 3. The normalized spacial score (nSPS) is 10.5. The van der Waals surface area contributed by atoms with E-state index in [0.29, 0.717) is 12.2 Å². The van der Waals surface area contributed by atoms with E-state index in [9.17, 15) is 4.48 Å². The first kappa shape index (κ1) is 8.21. The van der Waals surface area contributed by atoms with Crippen LogP contribution < -0.4 is 5.12 Å². The Morgan fingerprint density at radius 2 is 1.91 bits per heavy atom. The molecule has 0 aliphatic carbocycles. The van der Waals surface area contributed by atoms with Crippen LogP contribution >= 0.6 is 0 Å². The summed E-state index contributed by atoms with van der Waals surface area (Å²) in [4.78, 5) is 0. The summed E-state index contributed by atoms with van der Waals surface area (Å²) in [6.07, 6.45) is 0.825. The smallest absolute Gasteiger partial charge is 0.0618 e. The predicted octanol–water partition coefficient (Wildman–Crippen LogP) is 2.75. The van der Waals surface area contributed by atoms with Gasteiger partial charge in [-0.3, -0.25) is 0 Å². The molecule has 0 aliphatic rings. The van der Waals surface area contributed by atoms with Crippen LogP contribution in [-0.2, 0) is 0 Å². The summed E-state index contributed by atoms with van der Waals surface area (Å²) in [6, 6.07) is 9.06. The molecule has 59 valence electrons. The average molecular weight is 153 g/mol. The quantitative estimate of drug-likeness (QED) is 0.589. The second kappa shape index (κ2) is 4.09. The molecule has 1 rings (SSSR count). The minimum atomic E-state index is 0.462. The van der Waals surface area contributed by atoms with Crippen LogP contribution in [0.3, 0.4) is 0 Å². The molecule has 0 saturated heterocycles. The summed E-state index contributed by atoms with van der Waals surface area (Å²) in [7, 11) is 0. The lowest BCUT2D eigenvalue weighted by Crippen LogP contribution is -2.13. The Bertz CT molecular complexity index is 198. The summed E-state index contributed by atoms with van der Waals surface area (Å²) >= 11 is 0. The van der Waals surface area contributed by atoms with Crippen LogP contribution in [0, 0.1) is 0 Å². The summed E-state index contributed by atoms with van der Waals surface area (Å²) in [6.45, 7) is 2.42. The molecule has 0 atom stereocenters. The highest BCUT2D eigenvalue weighted by atomic mass is 19.2. The topological polar surface area (TPSA) is 5.90 Å². The van der Waals surface area contributed by atoms with Gasteiger partial charge in [-0.15, -0.1) is 0 Å². The summed E-state index contributed by atoms with van der Waals surface area (Å²) in [5.41, 5.74) is 0.634. The van der Waals surface area contributed by atoms with Crippen molar-refractivity contribution in [2.45, 2.75) is 13.3 Å². The van der Waals surface area contributed by atoms with E-state index in [1.54, 1.807) is 12.1 Å². The minimum Gasteiger partial charge on any atom is -0.0618 e. The second-order valence-corrected chi connectivity index (χ2v) is 2.42. The van der Waals surface area contributed by atoms with Gasteiger partial charge in [0.25, 0.3) is 0 Å². The van der Waals surface area contributed by atoms with Crippen molar-refractivity contribution >= 4 is 5.69 Å². The zero-order chi connectivity index (χ0) is 8.10. The SMILES string of the molecule is CCC[N+](F)c1ccccc1. The van der Waals surface area contributed by atoms with E-state index in [4.69, 9.17) is 0 Å². The van der Waals surface area contributed by atoms with Crippen LogP contribution in [0.2, 0.25) is 0 Å². The third kappa shape index (κ3) is 2.31. The third-order valence-electron chi connectivity index (χ3n) is 1.46. The van der Waals surface area contributed by atoms with Crippen molar-refractivity contribution in [3.8, 4) is 0 Å². The first-order valence-corrected chi connectivity index (χ1v) is 3.83. The molecule has 0 spiro atoms. The van der Waals surface area contributed by atoms with Crippen LogP contribution in [0.4, 0.5) is 10.2 Å². The highest BCUT2D eigenvalue weighted by Gasteiger charge is 2.16. The number of para-hydroxylation sites is 1. The van der Waals surface area contributed by atoms with Gasteiger partial charge in [0.15, 0.2) is 6.54 Å². The Morgan fingerprint density at radius 3 is 2.45 bits per heavy atom. The molecular weight excluding hydrogens is 141 g/mol. The molecular formula is C9H12FN+. The van der Waals surface area contributed by atoms with Gasteiger partial charge in [0.05, 0.1) is 9.60 Å². The van der Waals surface area contributed by atoms with Crippen molar-refractivity contribution in [2.24, 2.45) is 0 Å². The molecule has 0 fully saturated rings. The molecule has 0 amide bonds. The van der Waals surface area contributed by atoms with E-state index in [1.807, 2.05) is 25.1 Å². The molecule has 0 bridgehead atoms. The van der Waals surface area contributed by atoms with Crippen LogP contribution in [0.1, 0.15) is 13.3 Å². The largest absolute Gasteiger partial charge is 0.226 e. The second-order valence-electron chi connectivity index (χ2n) is 2.42. The van der Waals surface area contributed by atoms with Crippen LogP contribution in [0.15, 0.2) is 30.3 Å². The number of nitrogens with zero attached hydrogens (tertiary/aromatic N) is 1. The van der Waals surface area contributed by atoms with E-state index in [0.717, 1.165) is 11.5 Å². The summed E-state index contributed by atoms with van der Waals surface area (Å²) in [5, 5.41) is 0.764. The summed E-state index contributed by atoms with van der Waals surface area (Å²) < 4.78 is 13.0. The molecule has 11 heavy (non-hydrogen) atoms. The molecule has 0 aliphatic heterocycles. The van der Waals surface area contributed by atoms with Crippen LogP contribution in [-0.4, -0.2) is 6.54 Å². The zero-order valence-corrected chi connectivity index (χ0v) is 6.63. The van der Waals surface area contributed by atoms with Crippen molar-refractivity contribution in [2.75, 3.05) is 6.54 Å². The zero-order valence-electron chi connectivity index (χ0n) is 6.63. The Morgan fingerprint density at radius 1 is 1.27 bits per heavy atom. The van der Waals surface area contributed by atoms with Crippen LogP contribution in [0.5, 0.6) is 0 Å². The molecule has 0 unspecified atom stereocenters. The third-order valence-corrected chi connectivity index (χ3v) is 1.46. The Kier molecular flexibility index (Phi) is 3.05. The molecule has 0 saturated carbocycles. The molecule has 0 aromatic heterocycles. The highest BCUT2D eigenvalue weighted by molar-refractivity contribution is 5.35. The molecule has 1 aromatic carbocycles. The number of hydrogen-bond donors (Lipinski definition) is 0. The van der Waals surface area contributed by atoms with Gasteiger partial charge < -0.3 is 0 Å². The van der Waals surface area contributed by atoms with Gasteiger partial charge in [-0.25, -0.2) is 0 Å². The van der Waals surface area contributed by atoms with Gasteiger partial charge in [-0.1, -0.05) is 25.1 Å². The fraction of sp³-hybridized carbons (Fsp3) is 0.333. The molecule has 1 aromatic rings. The Hall–Kier alpha value is -0.890. The summed E-state index contributed by atoms with van der Waals surface area (Å²) in [5.74, 6) is 0. The minimum absolute atomic E-state index is 0.462. The Balaban J connectivity index is 2.61. The number of halogens is 1. The van der Waals surface area contributed by atoms with Gasteiger partial charge in [0.2, 0.25) is 5.69 Å². The Labute approximate surface area is 66.4 Å². The first-order valence-electron chi connectivity index (χ1n) is 3.83. The predicted molar refractivity (Wildman–Crippen MR) is 44.5 cm³/mol. The van der Waals surface area contributed by atoms with E-state index in [-0.39, 0.29) is 0 Å². The van der Waals surface area contributed by atoms with E-state index >= 15 is 0 Å². The van der Waals surface area contributed by atoms with E-state index in [2.05, 4.69) is 0 Å². The van der Waals surface area contributed by atoms with Gasteiger partial charge in [0, 0.05) is 18.6 Å². The lowest BCUT2D eigenvalue weighted by molar-refractivity contribution is 0.217. The molecule has 0 N–H and O–H groups in total. The van der Waals surface area contributed by atoms with Gasteiger partial charge in [-0.2, -0.15) is 0 Å². The molecule has 1 radical (unpaired) electrons. The van der Waals surface area contributed by atoms with Gasteiger partial charge >= 0.3 is 0 Å². The lowest BCUT2D eigenvalue weighted by atomic mass is 10.3. The lowest BCUT2D eigenvalue weighted by Gasteiger charge is -1.94. The van der Waals surface area contributed by atoms with Crippen molar-refractivity contribution < 1.29 is 4.48 Å². The highest BCUT2D eigenvalue weighted by Crippen LogP contribution is 2.12. The maximum atomic E-state index is 13.0. The fourth-order valence-corrected chi connectivity index (χ4v) is 0.915. The monoisotopic (exact) mass is 153 g/mol. The van der Waals surface area contributed by atoms with Crippen molar-refractivity contribution in [1.82, 2.24) is 5.12 Å². The molecule has 0 heterocycles. The van der Waals surface area contributed by atoms with Gasteiger partial charge in [0.1, 0.15) is 0 Å². The van der Waals surface area contributed by atoms with Crippen molar-refractivity contribution in [3.05, 3.63) is 30.3 Å². The van der Waals surface area contributed by atoms with E-state index in [1.165, 1.54) is 0 Å². The van der Waals surface area contributed by atoms with Crippen molar-refractivity contribution in [1.29, 1.82) is 0 Å². The maximum absolute atomic E-state index is 13.0. The fourth-order valence-electron chi connectivity index (χ4n) is 0.915. The first-order chi connectivity index (χ1) is 5.34. The standard InChI is InChI=1S/C9H12FN/c1-2-8-11(10)9-6-4-3-5-7-9/h3-7H,2,8H2,1H3/q+1. The number of hydrogen-bond acceptors (Lipinski definition) is 1. The number of anilines is 1.